The number of imidazole rings is 1. The van der Waals surface area contributed by atoms with E-state index in [4.69, 9.17) is 5.11 Å². The van der Waals surface area contributed by atoms with Gasteiger partial charge >= 0.3 is 5.97 Å². The molecule has 0 fully saturated rings. The van der Waals surface area contributed by atoms with E-state index in [2.05, 4.69) is 15.3 Å². The van der Waals surface area contributed by atoms with Gasteiger partial charge in [0.1, 0.15) is 6.04 Å². The topological polar surface area (TPSA) is 78.0 Å². The maximum Gasteiger partial charge on any atom is 0.326 e. The van der Waals surface area contributed by atoms with Crippen molar-refractivity contribution in [1.82, 2.24) is 9.97 Å². The minimum Gasteiger partial charge on any atom is -0.480 e. The van der Waals surface area contributed by atoms with E-state index < -0.39 is 12.0 Å². The van der Waals surface area contributed by atoms with Gasteiger partial charge in [0.15, 0.2) is 0 Å². The van der Waals surface area contributed by atoms with E-state index in [-0.39, 0.29) is 0 Å². The fraction of sp³-hybridized carbons (Fsp3) is 0.167. The Bertz CT molecular complexity index is 468. The van der Waals surface area contributed by atoms with Gasteiger partial charge in [-0.3, -0.25) is 0 Å². The van der Waals surface area contributed by atoms with Gasteiger partial charge in [-0.15, -0.1) is 0 Å². The molecule has 1 aromatic heterocycles. The van der Waals surface area contributed by atoms with Crippen LogP contribution in [0.1, 0.15) is 5.69 Å². The van der Waals surface area contributed by atoms with E-state index in [0.717, 1.165) is 11.4 Å². The number of benzene rings is 1. The van der Waals surface area contributed by atoms with Gasteiger partial charge in [-0.05, 0) is 12.1 Å². The Labute approximate surface area is 98.5 Å². The molecule has 1 unspecified atom stereocenters. The van der Waals surface area contributed by atoms with Crippen LogP contribution in [0.4, 0.5) is 5.69 Å². The van der Waals surface area contributed by atoms with Gasteiger partial charge in [-0.25, -0.2) is 9.78 Å². The van der Waals surface area contributed by atoms with Crippen molar-refractivity contribution in [2.45, 2.75) is 12.5 Å². The highest BCUT2D eigenvalue weighted by Crippen LogP contribution is 2.10. The first-order chi connectivity index (χ1) is 8.25. The number of carbonyl (C=O) groups is 1. The Morgan fingerprint density at radius 3 is 2.76 bits per heavy atom. The van der Waals surface area contributed by atoms with Crippen molar-refractivity contribution in [3.63, 3.8) is 0 Å². The van der Waals surface area contributed by atoms with E-state index in [1.807, 2.05) is 30.3 Å². The summed E-state index contributed by atoms with van der Waals surface area (Å²) >= 11 is 0. The number of H-pyrrole nitrogens is 1. The van der Waals surface area contributed by atoms with Gasteiger partial charge in [-0.1, -0.05) is 18.2 Å². The molecule has 2 rings (SSSR count). The summed E-state index contributed by atoms with van der Waals surface area (Å²) in [4.78, 5) is 17.9. The third-order valence-corrected chi connectivity index (χ3v) is 2.39. The fourth-order valence-electron chi connectivity index (χ4n) is 1.55. The number of hydrogen-bond acceptors (Lipinski definition) is 3. The normalized spacial score (nSPS) is 12.0. The number of aromatic amines is 1. The molecule has 0 bridgehead atoms. The zero-order chi connectivity index (χ0) is 12.1. The molecule has 5 nitrogen and oxygen atoms in total. The Balaban J connectivity index is 2.06. The van der Waals surface area contributed by atoms with Gasteiger partial charge in [0.05, 0.1) is 6.33 Å². The molecule has 1 atom stereocenters. The third-order valence-electron chi connectivity index (χ3n) is 2.39. The molecule has 1 heterocycles. The second-order valence-corrected chi connectivity index (χ2v) is 3.68. The van der Waals surface area contributed by atoms with Crippen molar-refractivity contribution in [2.24, 2.45) is 0 Å². The molecule has 3 N–H and O–H groups in total. The SMILES string of the molecule is O=C(O)C(Cc1cnc[nH]1)Nc1ccccc1. The number of aliphatic carboxylic acids is 1. The van der Waals surface area contributed by atoms with Crippen LogP contribution in [0.15, 0.2) is 42.9 Å². The summed E-state index contributed by atoms with van der Waals surface area (Å²) in [7, 11) is 0. The predicted molar refractivity (Wildman–Crippen MR) is 63.8 cm³/mol. The van der Waals surface area contributed by atoms with Crippen LogP contribution >= 0.6 is 0 Å². The van der Waals surface area contributed by atoms with Crippen molar-refractivity contribution < 1.29 is 9.90 Å². The first-order valence-electron chi connectivity index (χ1n) is 5.27. The molecule has 1 aromatic carbocycles. The number of aromatic nitrogens is 2. The van der Waals surface area contributed by atoms with E-state index >= 15 is 0 Å². The summed E-state index contributed by atoms with van der Waals surface area (Å²) in [5, 5.41) is 12.1. The van der Waals surface area contributed by atoms with Crippen LogP contribution in [0.25, 0.3) is 0 Å². The van der Waals surface area contributed by atoms with Crippen LogP contribution in [0, 0.1) is 0 Å². The van der Waals surface area contributed by atoms with Crippen molar-refractivity contribution in [3.8, 4) is 0 Å². The summed E-state index contributed by atoms with van der Waals surface area (Å²) in [6.45, 7) is 0. The van der Waals surface area contributed by atoms with Gasteiger partial charge in [-0.2, -0.15) is 0 Å². The monoisotopic (exact) mass is 231 g/mol. The standard InChI is InChI=1S/C12H13N3O2/c16-12(17)11(6-10-7-13-8-14-10)15-9-4-2-1-3-5-9/h1-5,7-8,11,15H,6H2,(H,13,14)(H,16,17). The lowest BCUT2D eigenvalue weighted by Gasteiger charge is -2.14. The number of para-hydroxylation sites is 1. The lowest BCUT2D eigenvalue weighted by Crippen LogP contribution is -2.31. The summed E-state index contributed by atoms with van der Waals surface area (Å²) in [6.07, 6.45) is 3.53. The zero-order valence-corrected chi connectivity index (χ0v) is 9.13. The number of carboxylic acids is 1. The molecule has 0 spiro atoms. The molecule has 0 radical (unpaired) electrons. The van der Waals surface area contributed by atoms with Crippen molar-refractivity contribution >= 4 is 11.7 Å². The van der Waals surface area contributed by atoms with Crippen LogP contribution < -0.4 is 5.32 Å². The third kappa shape index (κ3) is 3.07. The highest BCUT2D eigenvalue weighted by Gasteiger charge is 2.18. The first kappa shape index (κ1) is 11.2. The van der Waals surface area contributed by atoms with Gasteiger partial charge < -0.3 is 15.4 Å². The van der Waals surface area contributed by atoms with Gasteiger partial charge in [0.2, 0.25) is 0 Å². The van der Waals surface area contributed by atoms with E-state index in [9.17, 15) is 4.79 Å². The molecule has 17 heavy (non-hydrogen) atoms. The number of anilines is 1. The average molecular weight is 231 g/mol. The Hall–Kier alpha value is -2.30. The van der Waals surface area contributed by atoms with E-state index in [0.29, 0.717) is 6.42 Å². The van der Waals surface area contributed by atoms with Crippen molar-refractivity contribution in [2.75, 3.05) is 5.32 Å². The molecule has 0 saturated heterocycles. The number of nitrogens with zero attached hydrogens (tertiary/aromatic N) is 1. The maximum absolute atomic E-state index is 11.1. The number of rotatable bonds is 5. The fourth-order valence-corrected chi connectivity index (χ4v) is 1.55. The molecule has 0 amide bonds. The predicted octanol–water partition coefficient (Wildman–Crippen LogP) is 1.52. The van der Waals surface area contributed by atoms with Crippen LogP contribution in [0.3, 0.4) is 0 Å². The lowest BCUT2D eigenvalue weighted by atomic mass is 10.1. The van der Waals surface area contributed by atoms with Gasteiger partial charge in [0.25, 0.3) is 0 Å². The largest absolute Gasteiger partial charge is 0.480 e. The van der Waals surface area contributed by atoms with Crippen LogP contribution in [-0.2, 0) is 11.2 Å². The van der Waals surface area contributed by atoms with Crippen LogP contribution in [0.2, 0.25) is 0 Å². The minimum absolute atomic E-state index is 0.365. The van der Waals surface area contributed by atoms with Crippen LogP contribution in [0.5, 0.6) is 0 Å². The molecule has 88 valence electrons. The minimum atomic E-state index is -0.886. The van der Waals surface area contributed by atoms with Crippen LogP contribution in [-0.4, -0.2) is 27.1 Å². The second-order valence-electron chi connectivity index (χ2n) is 3.68. The Morgan fingerprint density at radius 2 is 2.18 bits per heavy atom. The molecular formula is C12H13N3O2. The maximum atomic E-state index is 11.1. The highest BCUT2D eigenvalue weighted by molar-refractivity contribution is 5.77. The molecule has 5 heteroatoms. The highest BCUT2D eigenvalue weighted by atomic mass is 16.4. The molecule has 2 aromatic rings. The first-order valence-corrected chi connectivity index (χ1v) is 5.27. The Morgan fingerprint density at radius 1 is 1.41 bits per heavy atom. The molecule has 0 aliphatic carbocycles. The zero-order valence-electron chi connectivity index (χ0n) is 9.13. The molecular weight excluding hydrogens is 218 g/mol. The lowest BCUT2D eigenvalue weighted by molar-refractivity contribution is -0.137. The summed E-state index contributed by atoms with van der Waals surface area (Å²) < 4.78 is 0. The van der Waals surface area contributed by atoms with Crippen molar-refractivity contribution in [3.05, 3.63) is 48.5 Å². The second kappa shape index (κ2) is 5.16. The van der Waals surface area contributed by atoms with Crippen molar-refractivity contribution in [1.29, 1.82) is 0 Å². The molecule has 0 aliphatic heterocycles. The Kier molecular flexibility index (Phi) is 3.40. The van der Waals surface area contributed by atoms with E-state index in [1.54, 1.807) is 6.20 Å². The number of nitrogens with one attached hydrogen (secondary N) is 2. The number of hydrogen-bond donors (Lipinski definition) is 3. The number of carboxylic acid groups (broad SMARTS) is 1. The average Bonchev–Trinajstić information content (AvgIpc) is 2.82. The summed E-state index contributed by atoms with van der Waals surface area (Å²) in [6, 6.07) is 8.61. The summed E-state index contributed by atoms with van der Waals surface area (Å²) in [5.74, 6) is -0.886. The summed E-state index contributed by atoms with van der Waals surface area (Å²) in [5.41, 5.74) is 1.58. The smallest absolute Gasteiger partial charge is 0.326 e. The molecule has 0 aliphatic rings. The van der Waals surface area contributed by atoms with Gasteiger partial charge in [0, 0.05) is 24.0 Å². The van der Waals surface area contributed by atoms with E-state index in [1.165, 1.54) is 6.33 Å². The quantitative estimate of drug-likeness (QED) is 0.729. The molecule has 0 saturated carbocycles.